The van der Waals surface area contributed by atoms with Gasteiger partial charge in [0.25, 0.3) is 0 Å². The van der Waals surface area contributed by atoms with Crippen molar-refractivity contribution in [3.05, 3.63) is 0 Å². The average Bonchev–Trinajstić information content (AvgIpc) is 4.01. The van der Waals surface area contributed by atoms with Gasteiger partial charge in [-0.25, -0.2) is 0 Å². The van der Waals surface area contributed by atoms with E-state index in [9.17, 15) is 53.1 Å². The molecule has 2 aliphatic rings. The lowest BCUT2D eigenvalue weighted by Crippen LogP contribution is -2.63. The monoisotopic (exact) mass is 1020 g/mol. The fourth-order valence-electron chi connectivity index (χ4n) is 8.52. The van der Waals surface area contributed by atoms with E-state index >= 15 is 0 Å². The topological polar surface area (TPSA) is 384 Å². The number of guanidine groups is 1. The molecule has 11 atom stereocenters. The molecule has 25 heteroatoms. The normalized spacial score (nSPS) is 19.3. The van der Waals surface area contributed by atoms with Gasteiger partial charge in [-0.2, -0.15) is 0 Å². The molecular weight excluding hydrogens is 937 g/mol. The summed E-state index contributed by atoms with van der Waals surface area (Å²) in [6, 6.07) is -9.07. The molecule has 0 aromatic carbocycles. The molecule has 2 aliphatic heterocycles. The van der Waals surface area contributed by atoms with Crippen LogP contribution in [-0.4, -0.2) is 174 Å². The molecule has 2 heterocycles. The summed E-state index contributed by atoms with van der Waals surface area (Å²) < 4.78 is 0. The van der Waals surface area contributed by atoms with Crippen LogP contribution < -0.4 is 59.7 Å². The predicted octanol–water partition coefficient (Wildman–Crippen LogP) is -3.18. The van der Waals surface area contributed by atoms with E-state index in [2.05, 4.69) is 47.5 Å². The van der Waals surface area contributed by atoms with Gasteiger partial charge in [-0.3, -0.25) is 57.8 Å². The van der Waals surface area contributed by atoms with Crippen molar-refractivity contribution in [2.45, 2.75) is 180 Å². The highest BCUT2D eigenvalue weighted by Gasteiger charge is 2.40. The second-order valence-electron chi connectivity index (χ2n) is 18.9. The average molecular weight is 1020 g/mol. The van der Waals surface area contributed by atoms with Gasteiger partial charge in [0, 0.05) is 26.1 Å². The molecule has 10 amide bonds. The Kier molecular flexibility index (Phi) is 27.0. The first-order valence-corrected chi connectivity index (χ1v) is 25.4. The number of primary amides is 1. The molecule has 0 radical (unpaired) electrons. The van der Waals surface area contributed by atoms with E-state index in [4.69, 9.17) is 17.2 Å². The fourth-order valence-corrected chi connectivity index (χ4v) is 8.52. The lowest BCUT2D eigenvalue weighted by Gasteiger charge is -2.32. The number of carbonyl (C=O) groups is 10. The number of nitrogens with two attached hydrogens (primary N) is 3. The van der Waals surface area contributed by atoms with Gasteiger partial charge in [-0.15, -0.1) is 0 Å². The zero-order chi connectivity index (χ0) is 54.2. The van der Waals surface area contributed by atoms with Crippen LogP contribution in [-0.2, 0) is 47.9 Å². The summed E-state index contributed by atoms with van der Waals surface area (Å²) in [5, 5.41) is 31.9. The highest BCUT2D eigenvalue weighted by molar-refractivity contribution is 5.98. The Morgan fingerprint density at radius 2 is 1.14 bits per heavy atom. The fraction of sp³-hybridized carbons (Fsp3) is 0.766. The molecule has 0 aliphatic carbocycles. The van der Waals surface area contributed by atoms with Crippen molar-refractivity contribution in [3.8, 4) is 0 Å². The molecule has 408 valence electrons. The first kappa shape index (κ1) is 62.0. The number of carbonyl (C=O) groups excluding carboxylic acids is 10. The molecule has 25 nitrogen and oxygen atoms in total. The van der Waals surface area contributed by atoms with E-state index in [1.54, 1.807) is 41.7 Å². The van der Waals surface area contributed by atoms with Crippen LogP contribution >= 0.6 is 0 Å². The number of aliphatic imine (C=N–C) groups is 1. The van der Waals surface area contributed by atoms with Crippen LogP contribution in [0.4, 0.5) is 0 Å². The van der Waals surface area contributed by atoms with Gasteiger partial charge in [0.1, 0.15) is 42.3 Å². The van der Waals surface area contributed by atoms with E-state index in [-0.39, 0.29) is 50.0 Å². The van der Waals surface area contributed by atoms with Gasteiger partial charge < -0.3 is 69.7 Å². The standard InChI is InChI=1S/C47H84N14O11/c1-9-16-29(39(65)57-36(26(5)10-2)43(69)56-31(17-13-22-52-47(49)50)46(72)61-24-15-19-33(61)42(68)51-12-4)55-45(71)38(28(7)62)59-44(70)37(27(6)11-3)58-40(66)30(20-21-34(48)63)54-35(64)25-53-41(67)32-18-14-23-60(32)8/h26-33,36-38,62H,9-25H2,1-8H3,(H2,48,63)(H,51,68)(H,53,67)(H,54,64)(H,55,71)(H,56,69)(H,57,65)(H,58,66)(H,59,70)(H4,49,50,52)/t26-,27-,28+,29-,30-,31-,32-,33-,36-,37+,38-/m0/s1. The van der Waals surface area contributed by atoms with Crippen LogP contribution in [0.25, 0.3) is 0 Å². The Hall–Kier alpha value is -6.11. The molecule has 2 fully saturated rings. The molecule has 0 aromatic heterocycles. The number of hydrogen-bond donors (Lipinski definition) is 12. The molecule has 0 spiro atoms. The van der Waals surface area contributed by atoms with Crippen LogP contribution in [0.1, 0.15) is 126 Å². The third-order valence-corrected chi connectivity index (χ3v) is 13.2. The van der Waals surface area contributed by atoms with Crippen molar-refractivity contribution in [1.82, 2.24) is 52.3 Å². The smallest absolute Gasteiger partial charge is 0.245 e. The van der Waals surface area contributed by atoms with E-state index in [1.165, 1.54) is 11.8 Å². The third-order valence-electron chi connectivity index (χ3n) is 13.2. The van der Waals surface area contributed by atoms with Crippen molar-refractivity contribution in [2.24, 2.45) is 34.0 Å². The molecule has 15 N–H and O–H groups in total. The van der Waals surface area contributed by atoms with Gasteiger partial charge in [0.05, 0.1) is 18.7 Å². The maximum absolute atomic E-state index is 14.2. The maximum atomic E-state index is 14.2. The Balaban J connectivity index is 2.29. The Labute approximate surface area is 423 Å². The summed E-state index contributed by atoms with van der Waals surface area (Å²) in [7, 11) is 1.80. The van der Waals surface area contributed by atoms with E-state index in [1.807, 2.05) is 11.8 Å². The van der Waals surface area contributed by atoms with Gasteiger partial charge in [0.15, 0.2) is 5.96 Å². The summed E-state index contributed by atoms with van der Waals surface area (Å²) in [6.45, 7) is 12.8. The summed E-state index contributed by atoms with van der Waals surface area (Å²) in [4.78, 5) is 142. The second-order valence-corrected chi connectivity index (χ2v) is 18.9. The number of hydrogen-bond acceptors (Lipinski definition) is 13. The van der Waals surface area contributed by atoms with Crippen molar-refractivity contribution in [2.75, 3.05) is 39.8 Å². The Morgan fingerprint density at radius 3 is 1.65 bits per heavy atom. The zero-order valence-electron chi connectivity index (χ0n) is 43.5. The molecule has 0 saturated carbocycles. The number of likely N-dealkylation sites (N-methyl/N-ethyl adjacent to an activating group) is 2. The van der Waals surface area contributed by atoms with Crippen molar-refractivity contribution in [1.29, 1.82) is 0 Å². The number of likely N-dealkylation sites (tertiary alicyclic amines) is 2. The molecular formula is C47H84N14O11. The van der Waals surface area contributed by atoms with Gasteiger partial charge in [-0.1, -0.05) is 53.9 Å². The molecule has 0 unspecified atom stereocenters. The van der Waals surface area contributed by atoms with Crippen molar-refractivity contribution >= 4 is 65.0 Å². The van der Waals surface area contributed by atoms with E-state index in [0.29, 0.717) is 58.0 Å². The van der Waals surface area contributed by atoms with Gasteiger partial charge in [-0.05, 0) is 90.6 Å². The van der Waals surface area contributed by atoms with Gasteiger partial charge in [0.2, 0.25) is 59.1 Å². The zero-order valence-corrected chi connectivity index (χ0v) is 43.5. The highest BCUT2D eigenvalue weighted by atomic mass is 16.3. The van der Waals surface area contributed by atoms with Crippen LogP contribution in [0.15, 0.2) is 4.99 Å². The highest BCUT2D eigenvalue weighted by Crippen LogP contribution is 2.21. The summed E-state index contributed by atoms with van der Waals surface area (Å²) in [6.07, 6.45) is 2.00. The number of nitrogens with one attached hydrogen (secondary N) is 8. The number of aliphatic hydroxyl groups is 1. The van der Waals surface area contributed by atoms with Crippen molar-refractivity contribution in [3.63, 3.8) is 0 Å². The Bertz CT molecular complexity index is 1900. The van der Waals surface area contributed by atoms with Crippen LogP contribution in [0, 0.1) is 11.8 Å². The maximum Gasteiger partial charge on any atom is 0.245 e. The predicted molar refractivity (Wildman–Crippen MR) is 268 cm³/mol. The molecule has 2 rings (SSSR count). The van der Waals surface area contributed by atoms with E-state index in [0.717, 1.165) is 13.0 Å². The van der Waals surface area contributed by atoms with Crippen LogP contribution in [0.2, 0.25) is 0 Å². The molecule has 72 heavy (non-hydrogen) atoms. The summed E-state index contributed by atoms with van der Waals surface area (Å²) in [5.41, 5.74) is 16.4. The van der Waals surface area contributed by atoms with Crippen LogP contribution in [0.3, 0.4) is 0 Å². The minimum Gasteiger partial charge on any atom is -0.391 e. The van der Waals surface area contributed by atoms with Gasteiger partial charge >= 0.3 is 0 Å². The number of nitrogens with zero attached hydrogens (tertiary/aromatic N) is 3. The van der Waals surface area contributed by atoms with Crippen LogP contribution in [0.5, 0.6) is 0 Å². The Morgan fingerprint density at radius 1 is 0.625 bits per heavy atom. The number of aliphatic hydroxyl groups excluding tert-OH is 1. The number of amides is 10. The second kappa shape index (κ2) is 31.4. The lowest BCUT2D eigenvalue weighted by atomic mass is 9.96. The third kappa shape index (κ3) is 19.8. The summed E-state index contributed by atoms with van der Waals surface area (Å²) in [5.74, 6) is -7.97. The minimum absolute atomic E-state index is 0.0697. The first-order chi connectivity index (χ1) is 34.0. The van der Waals surface area contributed by atoms with E-state index < -0.39 is 120 Å². The molecule has 2 saturated heterocycles. The first-order valence-electron chi connectivity index (χ1n) is 25.4. The quantitative estimate of drug-likeness (QED) is 0.0185. The molecule has 0 aromatic rings. The summed E-state index contributed by atoms with van der Waals surface area (Å²) >= 11 is 0. The minimum atomic E-state index is -1.66. The largest absolute Gasteiger partial charge is 0.391 e. The SMILES string of the molecule is CCC[C@H](NC(=O)[C@@H](NC(=O)[C@H](NC(=O)[C@H](CCC(N)=O)NC(=O)CNC(=O)[C@@H]1CCCN1C)[C@@H](C)CC)[C@@H](C)O)C(=O)N[C@H](C(=O)N[C@@H](CCCN=C(N)N)C(=O)N1CCC[C@H]1C(=O)NCC)[C@@H](C)CC. The van der Waals surface area contributed by atoms with Crippen molar-refractivity contribution < 1.29 is 53.1 Å². The lowest BCUT2D eigenvalue weighted by molar-refractivity contribution is -0.142. The molecule has 0 bridgehead atoms. The number of rotatable bonds is 31.